The third kappa shape index (κ3) is 2.70. The molecule has 0 aliphatic heterocycles. The molecule has 1 aliphatic carbocycles. The molecular weight excluding hydrogens is 158 g/mol. The van der Waals surface area contributed by atoms with Crippen molar-refractivity contribution in [3.8, 4) is 0 Å². The van der Waals surface area contributed by atoms with E-state index in [1.54, 1.807) is 0 Å². The maximum absolute atomic E-state index is 6.14. The molecule has 1 heteroatoms. The van der Waals surface area contributed by atoms with Crippen molar-refractivity contribution in [2.45, 2.75) is 53.0 Å². The van der Waals surface area contributed by atoms with Crippen LogP contribution in [-0.4, -0.2) is 6.04 Å². The summed E-state index contributed by atoms with van der Waals surface area (Å²) in [5.74, 6) is 3.29. The van der Waals surface area contributed by atoms with Gasteiger partial charge in [0.05, 0.1) is 0 Å². The van der Waals surface area contributed by atoms with Crippen molar-refractivity contribution in [1.29, 1.82) is 0 Å². The molecule has 13 heavy (non-hydrogen) atoms. The molecule has 3 atom stereocenters. The quantitative estimate of drug-likeness (QED) is 0.699. The van der Waals surface area contributed by atoms with Crippen molar-refractivity contribution in [1.82, 2.24) is 0 Å². The van der Waals surface area contributed by atoms with Crippen molar-refractivity contribution in [2.24, 2.45) is 29.4 Å². The van der Waals surface area contributed by atoms with Gasteiger partial charge in [0.2, 0.25) is 0 Å². The highest BCUT2D eigenvalue weighted by molar-refractivity contribution is 4.85. The molecule has 0 heterocycles. The van der Waals surface area contributed by atoms with Crippen LogP contribution in [0.4, 0.5) is 0 Å². The molecule has 3 unspecified atom stereocenters. The lowest BCUT2D eigenvalue weighted by atomic mass is 9.70. The van der Waals surface area contributed by atoms with E-state index in [0.717, 1.165) is 23.7 Å². The van der Waals surface area contributed by atoms with Crippen LogP contribution in [0, 0.1) is 23.7 Å². The predicted octanol–water partition coefficient (Wildman–Crippen LogP) is 3.04. The molecule has 1 saturated carbocycles. The van der Waals surface area contributed by atoms with E-state index in [-0.39, 0.29) is 0 Å². The second kappa shape index (κ2) is 4.45. The number of hydrogen-bond acceptors (Lipinski definition) is 1. The largest absolute Gasteiger partial charge is 0.327 e. The van der Waals surface area contributed by atoms with Crippen molar-refractivity contribution in [3.05, 3.63) is 0 Å². The molecule has 0 amide bonds. The van der Waals surface area contributed by atoms with Gasteiger partial charge in [-0.25, -0.2) is 0 Å². The molecule has 0 bridgehead atoms. The fraction of sp³-hybridized carbons (Fsp3) is 1.00. The molecule has 1 aliphatic rings. The van der Waals surface area contributed by atoms with Gasteiger partial charge in [0, 0.05) is 6.04 Å². The Labute approximate surface area is 83.1 Å². The Morgan fingerprint density at radius 3 is 2.08 bits per heavy atom. The standard InChI is InChI=1S/C12H25N/c1-8(2)10-5-6-12(13)11(7-10)9(3)4/h8-12H,5-7,13H2,1-4H3. The highest BCUT2D eigenvalue weighted by Gasteiger charge is 2.31. The zero-order valence-electron chi connectivity index (χ0n) is 9.59. The first-order chi connectivity index (χ1) is 6.02. The Hall–Kier alpha value is -0.0400. The van der Waals surface area contributed by atoms with E-state index >= 15 is 0 Å². The maximum atomic E-state index is 6.14. The smallest absolute Gasteiger partial charge is 0.00698 e. The second-order valence-electron chi connectivity index (χ2n) is 5.39. The van der Waals surface area contributed by atoms with Gasteiger partial charge in [-0.15, -0.1) is 0 Å². The van der Waals surface area contributed by atoms with E-state index in [1.165, 1.54) is 19.3 Å². The van der Waals surface area contributed by atoms with Gasteiger partial charge in [-0.3, -0.25) is 0 Å². The van der Waals surface area contributed by atoms with Gasteiger partial charge in [-0.1, -0.05) is 27.7 Å². The van der Waals surface area contributed by atoms with Crippen LogP contribution in [0.2, 0.25) is 0 Å². The molecule has 1 nitrogen and oxygen atoms in total. The first-order valence-electron chi connectivity index (χ1n) is 5.78. The van der Waals surface area contributed by atoms with E-state index < -0.39 is 0 Å². The van der Waals surface area contributed by atoms with Gasteiger partial charge in [-0.2, -0.15) is 0 Å². The van der Waals surface area contributed by atoms with Crippen LogP contribution in [0.1, 0.15) is 47.0 Å². The molecule has 0 radical (unpaired) electrons. The van der Waals surface area contributed by atoms with E-state index in [4.69, 9.17) is 5.73 Å². The third-order valence-corrected chi connectivity index (χ3v) is 3.79. The Bertz CT molecular complexity index is 151. The van der Waals surface area contributed by atoms with Crippen LogP contribution in [0.15, 0.2) is 0 Å². The van der Waals surface area contributed by atoms with Crippen LogP contribution < -0.4 is 5.73 Å². The molecular formula is C12H25N. The highest BCUT2D eigenvalue weighted by Crippen LogP contribution is 2.36. The van der Waals surface area contributed by atoms with Crippen LogP contribution >= 0.6 is 0 Å². The Morgan fingerprint density at radius 2 is 1.62 bits per heavy atom. The summed E-state index contributed by atoms with van der Waals surface area (Å²) in [6, 6.07) is 0.468. The fourth-order valence-corrected chi connectivity index (χ4v) is 2.63. The minimum absolute atomic E-state index is 0.468. The summed E-state index contributed by atoms with van der Waals surface area (Å²) < 4.78 is 0. The SMILES string of the molecule is CC(C)C1CCC(N)C(C(C)C)C1. The van der Waals surface area contributed by atoms with Crippen molar-refractivity contribution >= 4 is 0 Å². The lowest BCUT2D eigenvalue weighted by Gasteiger charge is -2.38. The first kappa shape index (κ1) is 11.0. The monoisotopic (exact) mass is 183 g/mol. The van der Waals surface area contributed by atoms with Crippen molar-refractivity contribution in [2.75, 3.05) is 0 Å². The van der Waals surface area contributed by atoms with Crippen LogP contribution in [0.3, 0.4) is 0 Å². The lowest BCUT2D eigenvalue weighted by molar-refractivity contribution is 0.153. The van der Waals surface area contributed by atoms with Crippen LogP contribution in [0.25, 0.3) is 0 Å². The minimum Gasteiger partial charge on any atom is -0.327 e. The fourth-order valence-electron chi connectivity index (χ4n) is 2.63. The average molecular weight is 183 g/mol. The summed E-state index contributed by atoms with van der Waals surface area (Å²) >= 11 is 0. The Kier molecular flexibility index (Phi) is 3.78. The zero-order valence-corrected chi connectivity index (χ0v) is 9.59. The summed E-state index contributed by atoms with van der Waals surface area (Å²) in [6.07, 6.45) is 3.95. The summed E-state index contributed by atoms with van der Waals surface area (Å²) in [5, 5.41) is 0. The van der Waals surface area contributed by atoms with Crippen LogP contribution in [0.5, 0.6) is 0 Å². The number of nitrogens with two attached hydrogens (primary N) is 1. The average Bonchev–Trinajstić information content (AvgIpc) is 2.04. The predicted molar refractivity (Wildman–Crippen MR) is 58.5 cm³/mol. The van der Waals surface area contributed by atoms with Crippen molar-refractivity contribution < 1.29 is 0 Å². The van der Waals surface area contributed by atoms with Gasteiger partial charge >= 0.3 is 0 Å². The molecule has 0 saturated heterocycles. The van der Waals surface area contributed by atoms with Gasteiger partial charge in [-0.05, 0) is 42.9 Å². The van der Waals surface area contributed by atoms with Crippen molar-refractivity contribution in [3.63, 3.8) is 0 Å². The van der Waals surface area contributed by atoms with Gasteiger partial charge < -0.3 is 5.73 Å². The molecule has 0 aromatic rings. The van der Waals surface area contributed by atoms with E-state index in [9.17, 15) is 0 Å². The van der Waals surface area contributed by atoms with Gasteiger partial charge in [0.1, 0.15) is 0 Å². The molecule has 0 spiro atoms. The molecule has 1 fully saturated rings. The number of rotatable bonds is 2. The highest BCUT2D eigenvalue weighted by atomic mass is 14.7. The zero-order chi connectivity index (χ0) is 10.0. The summed E-state index contributed by atoms with van der Waals surface area (Å²) in [4.78, 5) is 0. The second-order valence-corrected chi connectivity index (χ2v) is 5.39. The van der Waals surface area contributed by atoms with E-state index in [1.807, 2.05) is 0 Å². The Morgan fingerprint density at radius 1 is 1.00 bits per heavy atom. The molecule has 78 valence electrons. The molecule has 2 N–H and O–H groups in total. The number of hydrogen-bond donors (Lipinski definition) is 1. The minimum atomic E-state index is 0.468. The lowest BCUT2D eigenvalue weighted by Crippen LogP contribution is -2.39. The van der Waals surface area contributed by atoms with Crippen LogP contribution in [-0.2, 0) is 0 Å². The third-order valence-electron chi connectivity index (χ3n) is 3.79. The Balaban J connectivity index is 2.53. The molecule has 0 aromatic carbocycles. The summed E-state index contributed by atoms with van der Waals surface area (Å²) in [5.41, 5.74) is 6.14. The molecule has 1 rings (SSSR count). The normalized spacial score (nSPS) is 35.8. The van der Waals surface area contributed by atoms with E-state index in [2.05, 4.69) is 27.7 Å². The van der Waals surface area contributed by atoms with Gasteiger partial charge in [0.25, 0.3) is 0 Å². The summed E-state index contributed by atoms with van der Waals surface area (Å²) in [6.45, 7) is 9.32. The van der Waals surface area contributed by atoms with Gasteiger partial charge in [0.15, 0.2) is 0 Å². The first-order valence-corrected chi connectivity index (χ1v) is 5.78. The molecule has 0 aromatic heterocycles. The maximum Gasteiger partial charge on any atom is 0.00698 e. The topological polar surface area (TPSA) is 26.0 Å². The van der Waals surface area contributed by atoms with E-state index in [0.29, 0.717) is 6.04 Å². The summed E-state index contributed by atoms with van der Waals surface area (Å²) in [7, 11) is 0.